The predicted octanol–water partition coefficient (Wildman–Crippen LogP) is 4.74. The minimum atomic E-state index is 0.306. The van der Waals surface area contributed by atoms with Crippen LogP contribution in [0.3, 0.4) is 0 Å². The summed E-state index contributed by atoms with van der Waals surface area (Å²) in [5.41, 5.74) is 1.79. The summed E-state index contributed by atoms with van der Waals surface area (Å²) in [6.45, 7) is 8.44. The van der Waals surface area contributed by atoms with E-state index in [4.69, 9.17) is 11.6 Å². The van der Waals surface area contributed by atoms with Crippen LogP contribution in [0.5, 0.6) is 0 Å². The molecule has 0 spiro atoms. The van der Waals surface area contributed by atoms with Gasteiger partial charge in [-0.15, -0.1) is 11.6 Å². The van der Waals surface area contributed by atoms with Crippen molar-refractivity contribution < 1.29 is 4.79 Å². The Morgan fingerprint density at radius 3 is 2.59 bits per heavy atom. The van der Waals surface area contributed by atoms with Crippen LogP contribution in [0, 0.1) is 11.3 Å². The standard InChI is InChI=1S/C12H18O.C3H7Cl/c1-9-7-11(13)8-10-5-3-4-6-12(9,10)2;1-3(2)4/h8-9H,3-7H2,1-2H3;3H,1-2H3. The second kappa shape index (κ2) is 6.04. The first-order chi connectivity index (χ1) is 7.86. The van der Waals surface area contributed by atoms with Crippen molar-refractivity contribution in [3.05, 3.63) is 11.6 Å². The molecule has 2 rings (SSSR count). The fraction of sp³-hybridized carbons (Fsp3) is 0.800. The first-order valence-corrected chi connectivity index (χ1v) is 7.18. The zero-order valence-electron chi connectivity index (χ0n) is 11.6. The first-order valence-electron chi connectivity index (χ1n) is 6.74. The first kappa shape index (κ1) is 14.8. The fourth-order valence-corrected chi connectivity index (χ4v) is 2.83. The molecule has 1 fully saturated rings. The average Bonchev–Trinajstić information content (AvgIpc) is 2.19. The largest absolute Gasteiger partial charge is 0.295 e. The number of halogens is 1. The number of alkyl halides is 1. The van der Waals surface area contributed by atoms with E-state index in [1.54, 1.807) is 0 Å². The molecule has 1 nitrogen and oxygen atoms in total. The van der Waals surface area contributed by atoms with Crippen LogP contribution in [0.25, 0.3) is 0 Å². The maximum Gasteiger partial charge on any atom is 0.155 e. The van der Waals surface area contributed by atoms with Gasteiger partial charge in [0, 0.05) is 11.8 Å². The Bertz CT molecular complexity index is 303. The average molecular weight is 257 g/mol. The van der Waals surface area contributed by atoms with Gasteiger partial charge in [0.25, 0.3) is 0 Å². The van der Waals surface area contributed by atoms with Gasteiger partial charge in [-0.3, -0.25) is 4.79 Å². The highest BCUT2D eigenvalue weighted by molar-refractivity contribution is 6.20. The van der Waals surface area contributed by atoms with Crippen molar-refractivity contribution in [2.24, 2.45) is 11.3 Å². The molecule has 0 aromatic heterocycles. The normalized spacial score (nSPS) is 32.5. The molecule has 0 radical (unpaired) electrons. The van der Waals surface area contributed by atoms with Crippen LogP contribution < -0.4 is 0 Å². The summed E-state index contributed by atoms with van der Waals surface area (Å²) in [6, 6.07) is 0. The Morgan fingerprint density at radius 2 is 2.00 bits per heavy atom. The minimum absolute atomic E-state index is 0.306. The quantitative estimate of drug-likeness (QED) is 0.573. The monoisotopic (exact) mass is 256 g/mol. The summed E-state index contributed by atoms with van der Waals surface area (Å²) in [6.07, 6.45) is 7.76. The maximum atomic E-state index is 11.4. The third kappa shape index (κ3) is 3.84. The second-order valence-corrected chi connectivity index (χ2v) is 6.75. The van der Waals surface area contributed by atoms with Crippen molar-refractivity contribution in [2.75, 3.05) is 0 Å². The molecule has 0 heterocycles. The molecule has 2 aliphatic carbocycles. The van der Waals surface area contributed by atoms with Gasteiger partial charge in [-0.2, -0.15) is 0 Å². The van der Waals surface area contributed by atoms with E-state index in [0.29, 0.717) is 22.5 Å². The van der Waals surface area contributed by atoms with Crippen molar-refractivity contribution in [1.29, 1.82) is 0 Å². The van der Waals surface area contributed by atoms with Gasteiger partial charge in [-0.25, -0.2) is 0 Å². The molecule has 0 saturated heterocycles. The molecular weight excluding hydrogens is 232 g/mol. The fourth-order valence-electron chi connectivity index (χ4n) is 2.83. The molecule has 0 aromatic carbocycles. The molecular formula is C15H25ClO. The minimum Gasteiger partial charge on any atom is -0.295 e. The number of allylic oxidation sites excluding steroid dienone is 2. The van der Waals surface area contributed by atoms with E-state index in [9.17, 15) is 4.79 Å². The van der Waals surface area contributed by atoms with Crippen LogP contribution in [0.2, 0.25) is 0 Å². The number of fused-ring (bicyclic) bond motifs is 1. The number of rotatable bonds is 0. The van der Waals surface area contributed by atoms with E-state index >= 15 is 0 Å². The number of hydrogen-bond donors (Lipinski definition) is 0. The summed E-state index contributed by atoms with van der Waals surface area (Å²) < 4.78 is 0. The number of ketones is 1. The molecule has 0 aromatic rings. The summed E-state index contributed by atoms with van der Waals surface area (Å²) >= 11 is 5.27. The van der Waals surface area contributed by atoms with Gasteiger partial charge < -0.3 is 0 Å². The molecule has 2 heteroatoms. The maximum absolute atomic E-state index is 11.4. The van der Waals surface area contributed by atoms with E-state index in [2.05, 4.69) is 13.8 Å². The van der Waals surface area contributed by atoms with Crippen molar-refractivity contribution in [3.8, 4) is 0 Å². The summed E-state index contributed by atoms with van der Waals surface area (Å²) in [5.74, 6) is 0.905. The van der Waals surface area contributed by atoms with Gasteiger partial charge in [0.1, 0.15) is 0 Å². The number of carbonyl (C=O) groups is 1. The molecule has 98 valence electrons. The number of hydrogen-bond acceptors (Lipinski definition) is 1. The molecule has 0 aliphatic heterocycles. The molecule has 0 amide bonds. The van der Waals surface area contributed by atoms with Gasteiger partial charge in [-0.1, -0.05) is 25.8 Å². The van der Waals surface area contributed by atoms with Crippen LogP contribution in [0.4, 0.5) is 0 Å². The summed E-state index contributed by atoms with van der Waals surface area (Å²) in [5, 5.41) is 0.306. The Morgan fingerprint density at radius 1 is 1.41 bits per heavy atom. The number of carbonyl (C=O) groups excluding carboxylic acids is 1. The SMILES string of the molecule is CC(C)Cl.CC1CC(=O)C=C2CCCCC21C. The highest BCUT2D eigenvalue weighted by atomic mass is 35.5. The zero-order valence-corrected chi connectivity index (χ0v) is 12.3. The van der Waals surface area contributed by atoms with Gasteiger partial charge in [0.15, 0.2) is 5.78 Å². The van der Waals surface area contributed by atoms with Crippen molar-refractivity contribution in [1.82, 2.24) is 0 Å². The smallest absolute Gasteiger partial charge is 0.155 e. The van der Waals surface area contributed by atoms with Crippen molar-refractivity contribution in [2.45, 2.75) is 65.2 Å². The van der Waals surface area contributed by atoms with E-state index in [1.807, 2.05) is 19.9 Å². The Balaban J connectivity index is 0.000000317. The lowest BCUT2D eigenvalue weighted by atomic mass is 9.61. The molecule has 17 heavy (non-hydrogen) atoms. The molecule has 2 atom stereocenters. The van der Waals surface area contributed by atoms with Crippen LogP contribution in [-0.2, 0) is 4.79 Å². The predicted molar refractivity (Wildman–Crippen MR) is 74.4 cm³/mol. The van der Waals surface area contributed by atoms with Crippen LogP contribution in [-0.4, -0.2) is 11.2 Å². The van der Waals surface area contributed by atoms with Crippen molar-refractivity contribution in [3.63, 3.8) is 0 Å². The molecule has 2 unspecified atom stereocenters. The van der Waals surface area contributed by atoms with Gasteiger partial charge >= 0.3 is 0 Å². The lowest BCUT2D eigenvalue weighted by Gasteiger charge is -2.43. The third-order valence-corrected chi connectivity index (χ3v) is 4.06. The molecule has 0 N–H and O–H groups in total. The van der Waals surface area contributed by atoms with E-state index < -0.39 is 0 Å². The Hall–Kier alpha value is -0.300. The third-order valence-electron chi connectivity index (χ3n) is 4.06. The van der Waals surface area contributed by atoms with E-state index in [-0.39, 0.29) is 0 Å². The topological polar surface area (TPSA) is 17.1 Å². The molecule has 0 bridgehead atoms. The van der Waals surface area contributed by atoms with Crippen molar-refractivity contribution >= 4 is 17.4 Å². The van der Waals surface area contributed by atoms with E-state index in [1.165, 1.54) is 24.8 Å². The lowest BCUT2D eigenvalue weighted by Crippen LogP contribution is -2.35. The highest BCUT2D eigenvalue weighted by Gasteiger charge is 2.40. The summed E-state index contributed by atoms with van der Waals surface area (Å²) in [4.78, 5) is 11.4. The molecule has 2 aliphatic rings. The summed E-state index contributed by atoms with van der Waals surface area (Å²) in [7, 11) is 0. The van der Waals surface area contributed by atoms with E-state index in [0.717, 1.165) is 12.8 Å². The highest BCUT2D eigenvalue weighted by Crippen LogP contribution is 2.49. The van der Waals surface area contributed by atoms with Gasteiger partial charge in [0.2, 0.25) is 0 Å². The van der Waals surface area contributed by atoms with Gasteiger partial charge in [0.05, 0.1) is 0 Å². The lowest BCUT2D eigenvalue weighted by molar-refractivity contribution is -0.117. The van der Waals surface area contributed by atoms with Gasteiger partial charge in [-0.05, 0) is 50.5 Å². The Kier molecular flexibility index (Phi) is 5.24. The van der Waals surface area contributed by atoms with Crippen LogP contribution in [0.1, 0.15) is 59.8 Å². The Labute approximate surface area is 111 Å². The van der Waals surface area contributed by atoms with Crippen LogP contribution >= 0.6 is 11.6 Å². The zero-order chi connectivity index (χ0) is 13.1. The second-order valence-electron chi connectivity index (χ2n) is 5.88. The molecule has 1 saturated carbocycles. The van der Waals surface area contributed by atoms with Crippen LogP contribution in [0.15, 0.2) is 11.6 Å².